The number of hydrogen-bond donors (Lipinski definition) is 3. The summed E-state index contributed by atoms with van der Waals surface area (Å²) < 4.78 is 17.9. The Hall–Kier alpha value is -2.74. The lowest BCUT2D eigenvalue weighted by atomic mass is 10.0. The Labute approximate surface area is 159 Å². The molecule has 4 rings (SSSR count). The summed E-state index contributed by atoms with van der Waals surface area (Å²) >= 11 is 0. The van der Waals surface area contributed by atoms with Crippen molar-refractivity contribution in [1.82, 2.24) is 14.4 Å². The highest BCUT2D eigenvalue weighted by molar-refractivity contribution is 7.50. The Morgan fingerprint density at radius 3 is 2.89 bits per heavy atom. The molecule has 9 nitrogen and oxygen atoms in total. The maximum Gasteiger partial charge on any atom is 0.331 e. The zero-order chi connectivity index (χ0) is 20.1. The van der Waals surface area contributed by atoms with Crippen molar-refractivity contribution >= 4 is 19.2 Å². The summed E-state index contributed by atoms with van der Waals surface area (Å²) in [6.45, 7) is 2.05. The molecule has 0 saturated carbocycles. The van der Waals surface area contributed by atoms with Gasteiger partial charge in [-0.3, -0.25) is 18.6 Å². The minimum absolute atomic E-state index is 0.0851. The van der Waals surface area contributed by atoms with Gasteiger partial charge >= 0.3 is 13.6 Å². The van der Waals surface area contributed by atoms with E-state index in [2.05, 4.69) is 9.97 Å². The molecule has 0 amide bonds. The van der Waals surface area contributed by atoms with Crippen LogP contribution < -0.4 is 5.56 Å². The van der Waals surface area contributed by atoms with Crippen LogP contribution in [0.4, 0.5) is 0 Å². The van der Waals surface area contributed by atoms with Gasteiger partial charge in [0.2, 0.25) is 5.65 Å². The number of hydrogen-bond acceptors (Lipinski definition) is 5. The molecule has 10 heteroatoms. The van der Waals surface area contributed by atoms with Crippen molar-refractivity contribution in [2.75, 3.05) is 6.61 Å². The normalized spacial score (nSPS) is 12.8. The van der Waals surface area contributed by atoms with Crippen LogP contribution in [0.25, 0.3) is 16.9 Å². The van der Waals surface area contributed by atoms with Gasteiger partial charge in [0.25, 0.3) is 5.56 Å². The van der Waals surface area contributed by atoms with Gasteiger partial charge in [0.05, 0.1) is 36.3 Å². The number of rotatable bonds is 5. The average Bonchev–Trinajstić information content (AvgIpc) is 3.16. The number of aromatic nitrogens is 3. The minimum Gasteiger partial charge on any atom is -0.466 e. The van der Waals surface area contributed by atoms with E-state index in [0.717, 1.165) is 22.4 Å². The summed E-state index contributed by atoms with van der Waals surface area (Å²) in [6, 6.07) is 5.53. The van der Waals surface area contributed by atoms with Crippen LogP contribution in [0, 0.1) is 0 Å². The second-order valence-electron chi connectivity index (χ2n) is 6.63. The fraction of sp³-hybridized carbons (Fsp3) is 0.278. The topological polar surface area (TPSA) is 134 Å². The number of benzene rings is 1. The zero-order valence-corrected chi connectivity index (χ0v) is 15.9. The van der Waals surface area contributed by atoms with E-state index in [4.69, 9.17) is 4.74 Å². The van der Waals surface area contributed by atoms with Crippen LogP contribution in [0.2, 0.25) is 0 Å². The van der Waals surface area contributed by atoms with Gasteiger partial charge in [0, 0.05) is 18.2 Å². The number of nitrogens with zero attached hydrogens (tertiary/aromatic N) is 2. The number of nitrogens with one attached hydrogen (secondary N) is 1. The molecule has 2 heterocycles. The number of aromatic amines is 1. The molecule has 0 saturated heterocycles. The van der Waals surface area contributed by atoms with Crippen LogP contribution in [0.1, 0.15) is 29.4 Å². The third kappa shape index (κ3) is 3.28. The molecular formula is C18H18N3O6P. The van der Waals surface area contributed by atoms with Gasteiger partial charge in [-0.1, -0.05) is 18.2 Å². The van der Waals surface area contributed by atoms with Gasteiger partial charge in [-0.05, 0) is 18.1 Å². The summed E-state index contributed by atoms with van der Waals surface area (Å²) in [6.07, 6.45) is 1.54. The molecule has 3 aromatic rings. The Kier molecular flexibility index (Phi) is 4.45. The standard InChI is InChI=1S/C18H18N3O6P/c1-2-27-15(22)6-10-4-3-5-12-13(10)7-14-16(12)20-18(23)17-19-11(8-21(14)17)9-28(24,25)26/h3-5,8H,2,6-7,9H2,1H3,(H,20,23)(H2,24,25,26). The summed E-state index contributed by atoms with van der Waals surface area (Å²) in [4.78, 5) is 49.7. The third-order valence-corrected chi connectivity index (χ3v) is 5.41. The molecule has 2 aromatic heterocycles. The van der Waals surface area contributed by atoms with Crippen molar-refractivity contribution in [2.24, 2.45) is 0 Å². The van der Waals surface area contributed by atoms with E-state index in [-0.39, 0.29) is 23.7 Å². The van der Waals surface area contributed by atoms with Crippen LogP contribution in [-0.2, 0) is 33.1 Å². The number of fused-ring (bicyclic) bond motifs is 5. The molecule has 0 fully saturated rings. The summed E-state index contributed by atoms with van der Waals surface area (Å²) in [5.74, 6) is -0.322. The fourth-order valence-electron chi connectivity index (χ4n) is 3.62. The molecule has 3 N–H and O–H groups in total. The number of imidazole rings is 1. The summed E-state index contributed by atoms with van der Waals surface area (Å²) in [5.41, 5.74) is 3.72. The first kappa shape index (κ1) is 18.6. The highest BCUT2D eigenvalue weighted by Crippen LogP contribution is 2.40. The molecular weight excluding hydrogens is 385 g/mol. The van der Waals surface area contributed by atoms with Gasteiger partial charge in [-0.15, -0.1) is 0 Å². The van der Waals surface area contributed by atoms with Gasteiger partial charge in [-0.25, -0.2) is 4.98 Å². The number of esters is 1. The lowest BCUT2D eigenvalue weighted by Gasteiger charge is -2.07. The first-order chi connectivity index (χ1) is 13.3. The molecule has 1 aliphatic carbocycles. The van der Waals surface area contributed by atoms with E-state index in [0.29, 0.717) is 18.7 Å². The van der Waals surface area contributed by atoms with Gasteiger partial charge in [0.15, 0.2) is 0 Å². The highest BCUT2D eigenvalue weighted by Gasteiger charge is 2.27. The summed E-state index contributed by atoms with van der Waals surface area (Å²) in [5, 5.41) is 0. The molecule has 0 unspecified atom stereocenters. The van der Waals surface area contributed by atoms with Crippen molar-refractivity contribution < 1.29 is 23.9 Å². The van der Waals surface area contributed by atoms with Crippen molar-refractivity contribution in [2.45, 2.75) is 25.9 Å². The second-order valence-corrected chi connectivity index (χ2v) is 8.27. The van der Waals surface area contributed by atoms with E-state index in [1.54, 1.807) is 11.3 Å². The van der Waals surface area contributed by atoms with Crippen LogP contribution in [-0.4, -0.2) is 36.7 Å². The van der Waals surface area contributed by atoms with Crippen molar-refractivity contribution in [3.05, 3.63) is 57.3 Å². The molecule has 0 bridgehead atoms. The van der Waals surface area contributed by atoms with Gasteiger partial charge in [0.1, 0.15) is 0 Å². The molecule has 28 heavy (non-hydrogen) atoms. The summed E-state index contributed by atoms with van der Waals surface area (Å²) in [7, 11) is -4.31. The van der Waals surface area contributed by atoms with Crippen LogP contribution >= 0.6 is 7.60 Å². The second kappa shape index (κ2) is 6.70. The first-order valence-corrected chi connectivity index (χ1v) is 10.5. The predicted molar refractivity (Wildman–Crippen MR) is 100 cm³/mol. The van der Waals surface area contributed by atoms with E-state index < -0.39 is 19.3 Å². The van der Waals surface area contributed by atoms with Gasteiger partial charge in [-0.2, -0.15) is 0 Å². The zero-order valence-electron chi connectivity index (χ0n) is 15.0. The number of H-pyrrole nitrogens is 1. The number of carbonyl (C=O) groups is 1. The molecule has 146 valence electrons. The molecule has 1 aliphatic rings. The Morgan fingerprint density at radius 2 is 2.18 bits per heavy atom. The Morgan fingerprint density at radius 1 is 1.39 bits per heavy atom. The lowest BCUT2D eigenvalue weighted by Crippen LogP contribution is -2.13. The first-order valence-electron chi connectivity index (χ1n) is 8.71. The van der Waals surface area contributed by atoms with E-state index >= 15 is 0 Å². The molecule has 1 aromatic carbocycles. The van der Waals surface area contributed by atoms with E-state index in [1.807, 2.05) is 18.2 Å². The largest absolute Gasteiger partial charge is 0.466 e. The van der Waals surface area contributed by atoms with Crippen LogP contribution in [0.15, 0.2) is 29.2 Å². The monoisotopic (exact) mass is 403 g/mol. The highest BCUT2D eigenvalue weighted by atomic mass is 31.2. The van der Waals surface area contributed by atoms with Crippen molar-refractivity contribution in [3.63, 3.8) is 0 Å². The maximum absolute atomic E-state index is 12.5. The maximum atomic E-state index is 12.5. The predicted octanol–water partition coefficient (Wildman–Crippen LogP) is 1.38. The minimum atomic E-state index is -4.31. The smallest absolute Gasteiger partial charge is 0.331 e. The number of carbonyl (C=O) groups excluding carboxylic acids is 1. The average molecular weight is 403 g/mol. The molecule has 0 spiro atoms. The van der Waals surface area contributed by atoms with Gasteiger partial charge < -0.3 is 19.5 Å². The third-order valence-electron chi connectivity index (χ3n) is 4.67. The fourth-order valence-corrected chi connectivity index (χ4v) is 4.19. The lowest BCUT2D eigenvalue weighted by molar-refractivity contribution is -0.142. The van der Waals surface area contributed by atoms with Crippen molar-refractivity contribution in [1.29, 1.82) is 0 Å². The Bertz CT molecular complexity index is 1210. The Balaban J connectivity index is 1.81. The quantitative estimate of drug-likeness (QED) is 0.338. The number of ether oxygens (including phenoxy) is 1. The molecule has 0 aliphatic heterocycles. The van der Waals surface area contributed by atoms with Crippen molar-refractivity contribution in [3.8, 4) is 11.3 Å². The van der Waals surface area contributed by atoms with E-state index in [1.165, 1.54) is 6.20 Å². The van der Waals surface area contributed by atoms with Crippen LogP contribution in [0.3, 0.4) is 0 Å². The van der Waals surface area contributed by atoms with Crippen LogP contribution in [0.5, 0.6) is 0 Å². The molecule has 0 radical (unpaired) electrons. The molecule has 0 atom stereocenters. The van der Waals surface area contributed by atoms with E-state index in [9.17, 15) is 23.9 Å². The SMILES string of the molecule is CCOC(=O)Cc1cccc2c1Cc1c-2[nH]c(=O)c2nc(CP(=O)(O)O)cn12.